The summed E-state index contributed by atoms with van der Waals surface area (Å²) in [5, 5.41) is 19.0. The van der Waals surface area contributed by atoms with E-state index in [1.807, 2.05) is 38.1 Å². The van der Waals surface area contributed by atoms with Crippen LogP contribution in [-0.4, -0.2) is 10.2 Å². The average Bonchev–Trinajstić information content (AvgIpc) is 2.93. The van der Waals surface area contributed by atoms with E-state index in [1.54, 1.807) is 24.3 Å². The van der Waals surface area contributed by atoms with E-state index in [0.717, 1.165) is 6.42 Å². The third-order valence-electron chi connectivity index (χ3n) is 4.81. The minimum atomic E-state index is 0.00139. The standard InChI is InChI=1S/C18H20O2.C2H6/c1-13-3-2-12-18(13,14-4-8-16(19)9-5-14)15-6-10-17(20)11-7-15;1-2/h4-11,13,19-20H,2-3,12H2,1H3;1-2H3. The molecule has 1 unspecified atom stereocenters. The summed E-state index contributed by atoms with van der Waals surface area (Å²) in [7, 11) is 0. The zero-order valence-corrected chi connectivity index (χ0v) is 13.7. The lowest BCUT2D eigenvalue weighted by Gasteiger charge is -2.35. The lowest BCUT2D eigenvalue weighted by Crippen LogP contribution is -2.30. The lowest BCUT2D eigenvalue weighted by molar-refractivity contribution is 0.402. The fraction of sp³-hybridized carbons (Fsp3) is 0.400. The Hall–Kier alpha value is -1.96. The highest BCUT2D eigenvalue weighted by Gasteiger charge is 2.43. The van der Waals surface area contributed by atoms with Gasteiger partial charge in [0.1, 0.15) is 11.5 Å². The van der Waals surface area contributed by atoms with Crippen molar-refractivity contribution in [2.24, 2.45) is 5.92 Å². The van der Waals surface area contributed by atoms with E-state index in [-0.39, 0.29) is 5.41 Å². The molecule has 3 rings (SSSR count). The number of phenols is 2. The molecular weight excluding hydrogens is 272 g/mol. The predicted octanol–water partition coefficient (Wildman–Crippen LogP) is 5.23. The van der Waals surface area contributed by atoms with Crippen LogP contribution in [0.25, 0.3) is 0 Å². The molecule has 22 heavy (non-hydrogen) atoms. The molecule has 0 saturated heterocycles. The van der Waals surface area contributed by atoms with Crippen molar-refractivity contribution >= 4 is 0 Å². The van der Waals surface area contributed by atoms with Gasteiger partial charge >= 0.3 is 0 Å². The molecule has 2 nitrogen and oxygen atoms in total. The molecule has 0 heterocycles. The molecule has 0 spiro atoms. The monoisotopic (exact) mass is 298 g/mol. The summed E-state index contributed by atoms with van der Waals surface area (Å²) in [6.07, 6.45) is 3.54. The van der Waals surface area contributed by atoms with Crippen LogP contribution in [0.1, 0.15) is 51.2 Å². The summed E-state index contributed by atoms with van der Waals surface area (Å²) in [6.45, 7) is 6.30. The predicted molar refractivity (Wildman–Crippen MR) is 91.4 cm³/mol. The molecule has 1 aliphatic carbocycles. The maximum atomic E-state index is 9.52. The highest BCUT2D eigenvalue weighted by Crippen LogP contribution is 2.50. The number of hydrogen-bond donors (Lipinski definition) is 2. The number of rotatable bonds is 2. The van der Waals surface area contributed by atoms with Crippen molar-refractivity contribution in [3.05, 3.63) is 59.7 Å². The van der Waals surface area contributed by atoms with Gasteiger partial charge in [-0.3, -0.25) is 0 Å². The molecule has 2 N–H and O–H groups in total. The molecule has 0 amide bonds. The minimum Gasteiger partial charge on any atom is -0.508 e. The Bertz CT molecular complexity index is 539. The van der Waals surface area contributed by atoms with Gasteiger partial charge in [-0.15, -0.1) is 0 Å². The number of phenolic OH excluding ortho intramolecular Hbond substituents is 2. The van der Waals surface area contributed by atoms with Crippen LogP contribution in [0.2, 0.25) is 0 Å². The second-order valence-electron chi connectivity index (χ2n) is 5.86. The number of benzene rings is 2. The SMILES string of the molecule is CC.CC1CCCC1(c1ccc(O)cc1)c1ccc(O)cc1. The second-order valence-corrected chi connectivity index (χ2v) is 5.86. The average molecular weight is 298 g/mol. The first-order chi connectivity index (χ1) is 10.6. The van der Waals surface area contributed by atoms with Crippen molar-refractivity contribution in [2.45, 2.75) is 45.4 Å². The van der Waals surface area contributed by atoms with Gasteiger partial charge in [0, 0.05) is 5.41 Å². The van der Waals surface area contributed by atoms with Crippen LogP contribution in [-0.2, 0) is 5.41 Å². The first-order valence-corrected chi connectivity index (χ1v) is 8.22. The molecule has 2 heteroatoms. The van der Waals surface area contributed by atoms with E-state index in [9.17, 15) is 10.2 Å². The van der Waals surface area contributed by atoms with Crippen LogP contribution in [0.15, 0.2) is 48.5 Å². The summed E-state index contributed by atoms with van der Waals surface area (Å²) in [5.74, 6) is 1.16. The van der Waals surface area contributed by atoms with Crippen molar-refractivity contribution in [3.63, 3.8) is 0 Å². The minimum absolute atomic E-state index is 0.00139. The Kier molecular flexibility index (Phi) is 5.12. The summed E-state index contributed by atoms with van der Waals surface area (Å²) < 4.78 is 0. The summed E-state index contributed by atoms with van der Waals surface area (Å²) >= 11 is 0. The zero-order chi connectivity index (χ0) is 16.2. The highest BCUT2D eigenvalue weighted by atomic mass is 16.3. The quantitative estimate of drug-likeness (QED) is 0.797. The van der Waals surface area contributed by atoms with Crippen LogP contribution in [0.5, 0.6) is 11.5 Å². The van der Waals surface area contributed by atoms with Gasteiger partial charge in [-0.05, 0) is 54.2 Å². The molecule has 2 aromatic carbocycles. The molecule has 1 fully saturated rings. The van der Waals surface area contributed by atoms with E-state index in [0.29, 0.717) is 17.4 Å². The largest absolute Gasteiger partial charge is 0.508 e. The van der Waals surface area contributed by atoms with Gasteiger partial charge in [-0.25, -0.2) is 0 Å². The van der Waals surface area contributed by atoms with E-state index < -0.39 is 0 Å². The van der Waals surface area contributed by atoms with Gasteiger partial charge in [-0.1, -0.05) is 51.5 Å². The Balaban J connectivity index is 0.000000847. The van der Waals surface area contributed by atoms with Gasteiger partial charge < -0.3 is 10.2 Å². The molecule has 118 valence electrons. The Labute approximate surface area is 133 Å². The number of aromatic hydroxyl groups is 2. The summed E-state index contributed by atoms with van der Waals surface area (Å²) in [5.41, 5.74) is 2.51. The molecule has 0 bridgehead atoms. The van der Waals surface area contributed by atoms with E-state index in [2.05, 4.69) is 6.92 Å². The van der Waals surface area contributed by atoms with Gasteiger partial charge in [0.2, 0.25) is 0 Å². The molecule has 0 aliphatic heterocycles. The topological polar surface area (TPSA) is 40.5 Å². The van der Waals surface area contributed by atoms with Crippen molar-refractivity contribution in [3.8, 4) is 11.5 Å². The molecule has 0 radical (unpaired) electrons. The molecule has 1 aliphatic rings. The highest BCUT2D eigenvalue weighted by molar-refractivity contribution is 5.44. The third kappa shape index (κ3) is 2.83. The Morgan fingerprint density at radius 3 is 1.55 bits per heavy atom. The van der Waals surface area contributed by atoms with E-state index in [1.165, 1.54) is 24.0 Å². The fourth-order valence-corrected chi connectivity index (χ4v) is 3.72. The van der Waals surface area contributed by atoms with Crippen molar-refractivity contribution < 1.29 is 10.2 Å². The molecule has 1 saturated carbocycles. The zero-order valence-electron chi connectivity index (χ0n) is 13.7. The van der Waals surface area contributed by atoms with Crippen LogP contribution >= 0.6 is 0 Å². The van der Waals surface area contributed by atoms with Crippen molar-refractivity contribution in [1.29, 1.82) is 0 Å². The Morgan fingerprint density at radius 2 is 1.23 bits per heavy atom. The smallest absolute Gasteiger partial charge is 0.115 e. The normalized spacial score (nSPS) is 19.3. The fourth-order valence-electron chi connectivity index (χ4n) is 3.72. The van der Waals surface area contributed by atoms with Crippen molar-refractivity contribution in [1.82, 2.24) is 0 Å². The van der Waals surface area contributed by atoms with Crippen molar-refractivity contribution in [2.75, 3.05) is 0 Å². The first-order valence-electron chi connectivity index (χ1n) is 8.22. The van der Waals surface area contributed by atoms with Gasteiger partial charge in [0.25, 0.3) is 0 Å². The molecule has 0 aromatic heterocycles. The van der Waals surface area contributed by atoms with Crippen LogP contribution in [0.4, 0.5) is 0 Å². The van der Waals surface area contributed by atoms with Gasteiger partial charge in [0.15, 0.2) is 0 Å². The van der Waals surface area contributed by atoms with E-state index >= 15 is 0 Å². The van der Waals surface area contributed by atoms with Crippen LogP contribution < -0.4 is 0 Å². The Morgan fingerprint density at radius 1 is 0.818 bits per heavy atom. The summed E-state index contributed by atoms with van der Waals surface area (Å²) in [6, 6.07) is 15.2. The number of hydrogen-bond acceptors (Lipinski definition) is 2. The second kappa shape index (κ2) is 6.87. The first kappa shape index (κ1) is 16.4. The summed E-state index contributed by atoms with van der Waals surface area (Å²) in [4.78, 5) is 0. The van der Waals surface area contributed by atoms with E-state index in [4.69, 9.17) is 0 Å². The maximum absolute atomic E-state index is 9.52. The third-order valence-corrected chi connectivity index (χ3v) is 4.81. The maximum Gasteiger partial charge on any atom is 0.115 e. The van der Waals surface area contributed by atoms with Crippen LogP contribution in [0, 0.1) is 5.92 Å². The van der Waals surface area contributed by atoms with Gasteiger partial charge in [0.05, 0.1) is 0 Å². The molecule has 1 atom stereocenters. The molecular formula is C20H26O2. The van der Waals surface area contributed by atoms with Gasteiger partial charge in [-0.2, -0.15) is 0 Å². The molecule has 2 aromatic rings. The van der Waals surface area contributed by atoms with Crippen LogP contribution in [0.3, 0.4) is 0 Å². The lowest BCUT2D eigenvalue weighted by atomic mass is 9.68.